The van der Waals surface area contributed by atoms with Crippen LogP contribution >= 0.6 is 11.8 Å². The second-order valence-corrected chi connectivity index (χ2v) is 8.64. The number of carbonyl (C=O) groups is 1. The van der Waals surface area contributed by atoms with Gasteiger partial charge in [0.2, 0.25) is 0 Å². The normalized spacial score (nSPS) is 25.3. The zero-order chi connectivity index (χ0) is 18.2. The van der Waals surface area contributed by atoms with Crippen molar-refractivity contribution in [1.29, 1.82) is 0 Å². The Balaban J connectivity index is 1.90. The molecule has 0 radical (unpaired) electrons. The molecule has 1 N–H and O–H groups in total. The van der Waals surface area contributed by atoms with E-state index in [2.05, 4.69) is 0 Å². The lowest BCUT2D eigenvalue weighted by Gasteiger charge is -2.25. The number of hydrogen-bond donors (Lipinski definition) is 1. The van der Waals surface area contributed by atoms with Crippen LogP contribution in [0.25, 0.3) is 0 Å². The molecule has 0 unspecified atom stereocenters. The minimum absolute atomic E-state index is 0.331. The SMILES string of the molecule is CN(C(=O)OC(C)(C)C)C1=N[C@]2(c3cccc([NH+]=O)c3)C[C@@H]2CCS1. The number of hydrogen-bond acceptors (Lipinski definition) is 5. The van der Waals surface area contributed by atoms with Crippen LogP contribution in [0, 0.1) is 10.8 Å². The fraction of sp³-hybridized carbons (Fsp3) is 0.556. The Morgan fingerprint density at radius 1 is 1.44 bits per heavy atom. The van der Waals surface area contributed by atoms with E-state index < -0.39 is 11.7 Å². The number of thioether (sulfide) groups is 1. The van der Waals surface area contributed by atoms with Crippen LogP contribution in [0.5, 0.6) is 0 Å². The Hall–Kier alpha value is -1.89. The number of carbonyl (C=O) groups excluding carboxylic acids is 1. The third-order valence-corrected chi connectivity index (χ3v) is 5.56. The van der Waals surface area contributed by atoms with E-state index in [0.717, 1.165) is 24.2 Å². The van der Waals surface area contributed by atoms with E-state index in [1.165, 1.54) is 4.90 Å². The molecule has 6 nitrogen and oxygen atoms in total. The first-order valence-corrected chi connectivity index (χ1v) is 9.42. The number of amidine groups is 1. The standard InChI is InChI=1S/C18H23N3O3S/c1-17(2,3)24-16(22)21(4)15-19-18(11-13(18)8-9-25-15)12-6-5-7-14(10-12)20-23/h5-7,10,13H,8-9,11H2,1-4H3/p+1/t13-,18-/m0/s1. The average Bonchev–Trinajstić information content (AvgIpc) is 3.27. The predicted molar refractivity (Wildman–Crippen MR) is 98.7 cm³/mol. The second kappa shape index (κ2) is 6.44. The van der Waals surface area contributed by atoms with Crippen LogP contribution in [0.2, 0.25) is 0 Å². The summed E-state index contributed by atoms with van der Waals surface area (Å²) >= 11 is 1.58. The number of amides is 1. The molecule has 134 valence electrons. The molecule has 7 heteroatoms. The van der Waals surface area contributed by atoms with Crippen LogP contribution in [0.3, 0.4) is 0 Å². The fourth-order valence-electron chi connectivity index (χ4n) is 3.14. The van der Waals surface area contributed by atoms with Crippen molar-refractivity contribution in [3.05, 3.63) is 34.7 Å². The van der Waals surface area contributed by atoms with E-state index in [1.807, 2.05) is 44.1 Å². The maximum atomic E-state index is 12.4. The zero-order valence-corrected chi connectivity index (χ0v) is 15.9. The highest BCUT2D eigenvalue weighted by Crippen LogP contribution is 2.59. The summed E-state index contributed by atoms with van der Waals surface area (Å²) in [6.07, 6.45) is 1.58. The Labute approximate surface area is 152 Å². The van der Waals surface area contributed by atoms with Gasteiger partial charge in [-0.3, -0.25) is 9.89 Å². The Morgan fingerprint density at radius 2 is 2.20 bits per heavy atom. The van der Waals surface area contributed by atoms with Crippen molar-refractivity contribution in [3.63, 3.8) is 0 Å². The summed E-state index contributed by atoms with van der Waals surface area (Å²) in [5.74, 6) is 1.36. The van der Waals surface area contributed by atoms with E-state index >= 15 is 0 Å². The summed E-state index contributed by atoms with van der Waals surface area (Å²) in [5, 5.41) is 2.62. The van der Waals surface area contributed by atoms with Gasteiger partial charge in [0.15, 0.2) is 5.17 Å². The van der Waals surface area contributed by atoms with Crippen molar-refractivity contribution in [2.45, 2.75) is 44.8 Å². The topological polar surface area (TPSA) is 72.9 Å². The Bertz CT molecular complexity index is 729. The molecule has 1 saturated carbocycles. The second-order valence-electron chi connectivity index (χ2n) is 7.58. The average molecular weight is 362 g/mol. The van der Waals surface area contributed by atoms with Crippen LogP contribution in [0.1, 0.15) is 39.2 Å². The van der Waals surface area contributed by atoms with Gasteiger partial charge < -0.3 is 4.74 Å². The largest absolute Gasteiger partial charge is 0.443 e. The van der Waals surface area contributed by atoms with E-state index in [4.69, 9.17) is 9.73 Å². The molecule has 0 bridgehead atoms. The minimum atomic E-state index is -0.546. The molecule has 1 amide bonds. The lowest BCUT2D eigenvalue weighted by Crippen LogP contribution is -2.55. The van der Waals surface area contributed by atoms with Crippen LogP contribution < -0.4 is 5.18 Å². The molecule has 0 spiro atoms. The number of nitrogens with one attached hydrogen (secondary N) is 1. The number of aliphatic imine (C=N–C) groups is 1. The van der Waals surface area contributed by atoms with Crippen LogP contribution in [-0.4, -0.2) is 34.6 Å². The van der Waals surface area contributed by atoms with Gasteiger partial charge in [-0.15, -0.1) is 0 Å². The highest BCUT2D eigenvalue weighted by Gasteiger charge is 2.57. The number of nitroso groups, excluding NO2 is 1. The predicted octanol–water partition coefficient (Wildman–Crippen LogP) is 2.74. The fourth-order valence-corrected chi connectivity index (χ4v) is 4.22. The number of rotatable bonds is 2. The van der Waals surface area contributed by atoms with Crippen molar-refractivity contribution in [3.8, 4) is 0 Å². The van der Waals surface area contributed by atoms with Crippen molar-refractivity contribution in [2.75, 3.05) is 12.8 Å². The van der Waals surface area contributed by atoms with Gasteiger partial charge >= 0.3 is 6.09 Å². The molecule has 0 aromatic heterocycles. The third-order valence-electron chi connectivity index (χ3n) is 4.50. The smallest absolute Gasteiger partial charge is 0.416 e. The minimum Gasteiger partial charge on any atom is -0.443 e. The highest BCUT2D eigenvalue weighted by molar-refractivity contribution is 8.13. The lowest BCUT2D eigenvalue weighted by atomic mass is 10.0. The summed E-state index contributed by atoms with van der Waals surface area (Å²) in [7, 11) is 1.70. The zero-order valence-electron chi connectivity index (χ0n) is 15.0. The van der Waals surface area contributed by atoms with E-state index in [9.17, 15) is 9.70 Å². The first-order valence-electron chi connectivity index (χ1n) is 8.43. The Morgan fingerprint density at radius 3 is 2.88 bits per heavy atom. The van der Waals surface area contributed by atoms with Gasteiger partial charge in [-0.25, -0.2) is 4.79 Å². The molecule has 1 heterocycles. The van der Waals surface area contributed by atoms with Crippen molar-refractivity contribution in [2.24, 2.45) is 10.9 Å². The maximum Gasteiger partial charge on any atom is 0.416 e. The molecule has 1 aliphatic heterocycles. The van der Waals surface area contributed by atoms with Crippen molar-refractivity contribution >= 4 is 28.7 Å². The Kier molecular flexibility index (Phi) is 4.62. The molecule has 1 aromatic carbocycles. The number of benzene rings is 1. The molecular weight excluding hydrogens is 338 g/mol. The summed E-state index contributed by atoms with van der Waals surface area (Å²) in [6.45, 7) is 5.54. The molecular formula is C18H24N3O3S+. The highest BCUT2D eigenvalue weighted by atomic mass is 32.2. The number of fused-ring (bicyclic) bond motifs is 1. The van der Waals surface area contributed by atoms with Crippen LogP contribution in [0.15, 0.2) is 29.3 Å². The van der Waals surface area contributed by atoms with E-state index in [0.29, 0.717) is 16.8 Å². The van der Waals surface area contributed by atoms with Gasteiger partial charge in [-0.05, 0) is 45.1 Å². The van der Waals surface area contributed by atoms with Gasteiger partial charge in [-0.1, -0.05) is 23.9 Å². The molecule has 1 fully saturated rings. The first kappa shape index (κ1) is 17.9. The number of ether oxygens (including phenoxy) is 1. The van der Waals surface area contributed by atoms with Crippen LogP contribution in [-0.2, 0) is 10.3 Å². The monoisotopic (exact) mass is 362 g/mol. The molecule has 1 aliphatic carbocycles. The van der Waals surface area contributed by atoms with E-state index in [1.54, 1.807) is 24.9 Å². The maximum absolute atomic E-state index is 12.4. The van der Waals surface area contributed by atoms with Gasteiger partial charge in [0.1, 0.15) is 5.60 Å². The third kappa shape index (κ3) is 3.71. The van der Waals surface area contributed by atoms with Gasteiger partial charge in [0.25, 0.3) is 5.69 Å². The summed E-state index contributed by atoms with van der Waals surface area (Å²) in [5.41, 5.74) is 0.680. The summed E-state index contributed by atoms with van der Waals surface area (Å²) < 4.78 is 5.46. The quantitative estimate of drug-likeness (QED) is 0.878. The summed E-state index contributed by atoms with van der Waals surface area (Å²) in [4.78, 5) is 29.8. The molecule has 25 heavy (non-hydrogen) atoms. The van der Waals surface area contributed by atoms with E-state index in [-0.39, 0.29) is 5.54 Å². The van der Waals surface area contributed by atoms with Crippen molar-refractivity contribution in [1.82, 2.24) is 4.90 Å². The molecule has 0 saturated heterocycles. The number of nitrogens with zero attached hydrogens (tertiary/aromatic N) is 2. The van der Waals surface area contributed by atoms with Crippen LogP contribution in [0.4, 0.5) is 10.5 Å². The van der Waals surface area contributed by atoms with Crippen molar-refractivity contribution < 1.29 is 14.7 Å². The molecule has 2 aliphatic rings. The molecule has 1 aromatic rings. The van der Waals surface area contributed by atoms with Gasteiger partial charge in [-0.2, -0.15) is 0 Å². The lowest BCUT2D eigenvalue weighted by molar-refractivity contribution is -0.379. The molecule has 2 atom stereocenters. The van der Waals surface area contributed by atoms with Gasteiger partial charge in [0.05, 0.1) is 5.54 Å². The first-order chi connectivity index (χ1) is 11.7. The van der Waals surface area contributed by atoms with Gasteiger partial charge in [0, 0.05) is 35.0 Å². The molecule has 3 rings (SSSR count). The summed E-state index contributed by atoms with van der Waals surface area (Å²) in [6, 6.07) is 7.47.